The number of carbonyl (C=O) groups excluding carboxylic acids is 2. The van der Waals surface area contributed by atoms with Crippen LogP contribution in [0.4, 0.5) is 11.4 Å². The monoisotopic (exact) mass is 578 g/mol. The standard InChI is InChI=1S/C31H34N2O7S/c1-20(35)32-24-12-14-27(15-13-24)41-19-26-17-28(22-10-8-21(18-34)9-11-22)40-31(39-26)23-4-2-5-25(16-23)33-29(36)6-3-7-30(37)38/h2,4-5,8-16,26,28,31,34H,3,6-7,17-19H2,1H3,(H,32,35)(H,33,36)(H,37,38)/t26-,28+,31+/m0/s1. The summed E-state index contributed by atoms with van der Waals surface area (Å²) in [5.74, 6) is -0.631. The van der Waals surface area contributed by atoms with E-state index in [0.717, 1.165) is 27.3 Å². The molecule has 1 saturated heterocycles. The smallest absolute Gasteiger partial charge is 0.303 e. The highest BCUT2D eigenvalue weighted by Crippen LogP contribution is 2.40. The van der Waals surface area contributed by atoms with Crippen molar-refractivity contribution in [3.05, 3.63) is 89.5 Å². The van der Waals surface area contributed by atoms with Crippen molar-refractivity contribution in [2.24, 2.45) is 0 Å². The van der Waals surface area contributed by atoms with Gasteiger partial charge in [0, 0.05) is 53.8 Å². The Balaban J connectivity index is 1.47. The van der Waals surface area contributed by atoms with Gasteiger partial charge < -0.3 is 30.3 Å². The summed E-state index contributed by atoms with van der Waals surface area (Å²) in [7, 11) is 0. The molecule has 4 rings (SSSR count). The maximum absolute atomic E-state index is 12.3. The molecule has 0 aliphatic carbocycles. The lowest BCUT2D eigenvalue weighted by molar-refractivity contribution is -0.245. The number of ether oxygens (including phenoxy) is 2. The van der Waals surface area contributed by atoms with Crippen LogP contribution < -0.4 is 10.6 Å². The highest BCUT2D eigenvalue weighted by atomic mass is 32.2. The Hall–Kier alpha value is -3.70. The van der Waals surface area contributed by atoms with Crippen molar-refractivity contribution in [2.75, 3.05) is 16.4 Å². The molecule has 216 valence electrons. The minimum absolute atomic E-state index is 0.0354. The number of thioether (sulfide) groups is 1. The van der Waals surface area contributed by atoms with Gasteiger partial charge in [0.25, 0.3) is 0 Å². The van der Waals surface area contributed by atoms with E-state index in [1.807, 2.05) is 66.7 Å². The number of hydrogen-bond donors (Lipinski definition) is 4. The van der Waals surface area contributed by atoms with Crippen LogP contribution in [0.3, 0.4) is 0 Å². The molecule has 1 fully saturated rings. The molecular formula is C31H34N2O7S. The van der Waals surface area contributed by atoms with Gasteiger partial charge >= 0.3 is 5.97 Å². The number of hydrogen-bond acceptors (Lipinski definition) is 7. The molecule has 0 radical (unpaired) electrons. The predicted octanol–water partition coefficient (Wildman–Crippen LogP) is 5.67. The highest BCUT2D eigenvalue weighted by Gasteiger charge is 2.32. The molecule has 1 heterocycles. The summed E-state index contributed by atoms with van der Waals surface area (Å²) in [6.07, 6.45) is -0.119. The number of carboxylic acids is 1. The first-order chi connectivity index (χ1) is 19.8. The van der Waals surface area contributed by atoms with E-state index in [4.69, 9.17) is 14.6 Å². The van der Waals surface area contributed by atoms with Gasteiger partial charge in [-0.05, 0) is 53.9 Å². The molecule has 3 aromatic carbocycles. The molecular weight excluding hydrogens is 544 g/mol. The fourth-order valence-corrected chi connectivity index (χ4v) is 5.36. The summed E-state index contributed by atoms with van der Waals surface area (Å²) in [5, 5.41) is 23.8. The second-order valence-corrected chi connectivity index (χ2v) is 10.9. The van der Waals surface area contributed by atoms with Gasteiger partial charge in [-0.15, -0.1) is 11.8 Å². The van der Waals surface area contributed by atoms with Gasteiger partial charge in [0.1, 0.15) is 0 Å². The Bertz CT molecular complexity index is 1330. The number of rotatable bonds is 12. The van der Waals surface area contributed by atoms with Gasteiger partial charge in [-0.25, -0.2) is 0 Å². The molecule has 10 heteroatoms. The van der Waals surface area contributed by atoms with Crippen LogP contribution in [0, 0.1) is 0 Å². The van der Waals surface area contributed by atoms with Crippen molar-refractivity contribution in [1.29, 1.82) is 0 Å². The van der Waals surface area contributed by atoms with Crippen molar-refractivity contribution in [2.45, 2.75) is 62.6 Å². The Morgan fingerprint density at radius 1 is 0.902 bits per heavy atom. The maximum Gasteiger partial charge on any atom is 0.303 e. The quantitative estimate of drug-likeness (QED) is 0.202. The number of anilines is 2. The molecule has 41 heavy (non-hydrogen) atoms. The molecule has 4 N–H and O–H groups in total. The van der Waals surface area contributed by atoms with Gasteiger partial charge in [0.15, 0.2) is 6.29 Å². The van der Waals surface area contributed by atoms with Crippen molar-refractivity contribution >= 4 is 40.9 Å². The van der Waals surface area contributed by atoms with Crippen LogP contribution >= 0.6 is 11.8 Å². The molecule has 0 bridgehead atoms. The molecule has 1 aliphatic rings. The minimum atomic E-state index is -0.929. The summed E-state index contributed by atoms with van der Waals surface area (Å²) in [6.45, 7) is 1.44. The summed E-state index contributed by atoms with van der Waals surface area (Å²) >= 11 is 1.65. The third kappa shape index (κ3) is 9.43. The lowest BCUT2D eigenvalue weighted by Crippen LogP contribution is -2.31. The van der Waals surface area contributed by atoms with Crippen LogP contribution in [0.5, 0.6) is 0 Å². The van der Waals surface area contributed by atoms with Crippen LogP contribution in [0.25, 0.3) is 0 Å². The average molecular weight is 579 g/mol. The molecule has 1 aliphatic heterocycles. The Morgan fingerprint density at radius 2 is 1.66 bits per heavy atom. The normalized spacial score (nSPS) is 18.4. The fourth-order valence-electron chi connectivity index (χ4n) is 4.44. The van der Waals surface area contributed by atoms with E-state index in [9.17, 15) is 19.5 Å². The SMILES string of the molecule is CC(=O)Nc1ccc(SC[C@@H]2C[C@H](c3ccc(CO)cc3)O[C@H](c3cccc(NC(=O)CCCC(=O)O)c3)O2)cc1. The summed E-state index contributed by atoms with van der Waals surface area (Å²) < 4.78 is 12.8. The lowest BCUT2D eigenvalue weighted by atomic mass is 10.0. The predicted molar refractivity (Wildman–Crippen MR) is 156 cm³/mol. The zero-order valence-electron chi connectivity index (χ0n) is 22.7. The Labute approximate surface area is 243 Å². The topological polar surface area (TPSA) is 134 Å². The average Bonchev–Trinajstić information content (AvgIpc) is 2.96. The molecule has 3 aromatic rings. The molecule has 3 atom stereocenters. The first kappa shape index (κ1) is 30.3. The summed E-state index contributed by atoms with van der Waals surface area (Å²) in [6, 6.07) is 22.6. The molecule has 0 saturated carbocycles. The second-order valence-electron chi connectivity index (χ2n) is 9.79. The van der Waals surface area contributed by atoms with Crippen LogP contribution in [-0.2, 0) is 30.5 Å². The Morgan fingerprint density at radius 3 is 2.34 bits per heavy atom. The van der Waals surface area contributed by atoms with Crippen LogP contribution in [0.1, 0.15) is 61.7 Å². The van der Waals surface area contributed by atoms with E-state index >= 15 is 0 Å². The minimum Gasteiger partial charge on any atom is -0.481 e. The first-order valence-corrected chi connectivity index (χ1v) is 14.4. The van der Waals surface area contributed by atoms with E-state index < -0.39 is 12.3 Å². The first-order valence-electron chi connectivity index (χ1n) is 13.4. The number of carboxylic acid groups (broad SMARTS) is 1. The lowest BCUT2D eigenvalue weighted by Gasteiger charge is -2.36. The fraction of sp³-hybridized carbons (Fsp3) is 0.323. The Kier molecular flexibility index (Phi) is 10.9. The number of aliphatic hydroxyl groups is 1. The van der Waals surface area contributed by atoms with Gasteiger partial charge in [0.2, 0.25) is 11.8 Å². The van der Waals surface area contributed by atoms with E-state index in [2.05, 4.69) is 10.6 Å². The number of carbonyl (C=O) groups is 3. The van der Waals surface area contributed by atoms with Crippen molar-refractivity contribution in [3.8, 4) is 0 Å². The van der Waals surface area contributed by atoms with Crippen molar-refractivity contribution in [3.63, 3.8) is 0 Å². The number of aliphatic carboxylic acids is 1. The van der Waals surface area contributed by atoms with E-state index in [-0.39, 0.29) is 49.9 Å². The molecule has 9 nitrogen and oxygen atoms in total. The number of nitrogens with one attached hydrogen (secondary N) is 2. The second kappa shape index (κ2) is 14.8. The number of amides is 2. The van der Waals surface area contributed by atoms with Crippen LogP contribution in [0.15, 0.2) is 77.7 Å². The molecule has 0 spiro atoms. The van der Waals surface area contributed by atoms with E-state index in [1.165, 1.54) is 6.92 Å². The van der Waals surface area contributed by atoms with Gasteiger partial charge in [-0.1, -0.05) is 36.4 Å². The number of aliphatic hydroxyl groups excluding tert-OH is 1. The van der Waals surface area contributed by atoms with Gasteiger partial charge in [0.05, 0.1) is 18.8 Å². The number of benzene rings is 3. The van der Waals surface area contributed by atoms with Crippen LogP contribution in [0.2, 0.25) is 0 Å². The third-order valence-corrected chi connectivity index (χ3v) is 7.61. The largest absolute Gasteiger partial charge is 0.481 e. The highest BCUT2D eigenvalue weighted by molar-refractivity contribution is 7.99. The summed E-state index contributed by atoms with van der Waals surface area (Å²) in [4.78, 5) is 35.4. The van der Waals surface area contributed by atoms with Gasteiger partial charge in [-0.3, -0.25) is 14.4 Å². The van der Waals surface area contributed by atoms with Crippen molar-refractivity contribution in [1.82, 2.24) is 0 Å². The van der Waals surface area contributed by atoms with Crippen molar-refractivity contribution < 1.29 is 34.1 Å². The van der Waals surface area contributed by atoms with Crippen LogP contribution in [-0.4, -0.2) is 39.9 Å². The summed E-state index contributed by atoms with van der Waals surface area (Å²) in [5.41, 5.74) is 3.87. The molecule has 0 aromatic heterocycles. The zero-order chi connectivity index (χ0) is 29.2. The van der Waals surface area contributed by atoms with Gasteiger partial charge in [-0.2, -0.15) is 0 Å². The molecule has 2 amide bonds. The third-order valence-electron chi connectivity index (χ3n) is 6.46. The molecule has 0 unspecified atom stereocenters. The maximum atomic E-state index is 12.3. The van der Waals surface area contributed by atoms with E-state index in [1.54, 1.807) is 17.8 Å². The zero-order valence-corrected chi connectivity index (χ0v) is 23.6. The van der Waals surface area contributed by atoms with E-state index in [0.29, 0.717) is 17.9 Å².